The molecule has 0 unspecified atom stereocenters. The summed E-state index contributed by atoms with van der Waals surface area (Å²) in [4.78, 5) is 25.0. The van der Waals surface area contributed by atoms with Crippen molar-refractivity contribution in [3.63, 3.8) is 0 Å². The van der Waals surface area contributed by atoms with E-state index >= 15 is 0 Å². The molecule has 1 aromatic heterocycles. The van der Waals surface area contributed by atoms with Gasteiger partial charge in [0.25, 0.3) is 0 Å². The van der Waals surface area contributed by atoms with Crippen LogP contribution in [0, 0.1) is 5.92 Å². The highest BCUT2D eigenvalue weighted by atomic mass is 35.5. The lowest BCUT2D eigenvalue weighted by molar-refractivity contribution is -0.132. The predicted molar refractivity (Wildman–Crippen MR) is 95.3 cm³/mol. The minimum absolute atomic E-state index is 0. The van der Waals surface area contributed by atoms with Crippen LogP contribution in [-0.2, 0) is 4.79 Å². The Morgan fingerprint density at radius 3 is 2.35 bits per heavy atom. The fraction of sp³-hybridized carbons (Fsp3) is 0.667. The SMILES string of the molecule is Cl.Cl.N[C@@H]1CCC[C@H]1CC(=O)N1CCN(c2ncccn2)CC1. The van der Waals surface area contributed by atoms with E-state index < -0.39 is 0 Å². The Morgan fingerprint density at radius 1 is 1.13 bits per heavy atom. The molecule has 8 heteroatoms. The number of halogens is 2. The molecule has 0 bridgehead atoms. The first-order chi connectivity index (χ1) is 10.2. The lowest BCUT2D eigenvalue weighted by atomic mass is 9.99. The lowest BCUT2D eigenvalue weighted by Gasteiger charge is -2.35. The molecule has 2 aliphatic rings. The topological polar surface area (TPSA) is 75.4 Å². The summed E-state index contributed by atoms with van der Waals surface area (Å²) < 4.78 is 0. The van der Waals surface area contributed by atoms with Crippen LogP contribution in [0.1, 0.15) is 25.7 Å². The number of anilines is 1. The maximum absolute atomic E-state index is 12.4. The summed E-state index contributed by atoms with van der Waals surface area (Å²) in [5.41, 5.74) is 6.06. The summed E-state index contributed by atoms with van der Waals surface area (Å²) in [5.74, 6) is 1.39. The second-order valence-corrected chi connectivity index (χ2v) is 5.98. The molecule has 23 heavy (non-hydrogen) atoms. The van der Waals surface area contributed by atoms with Gasteiger partial charge in [0.2, 0.25) is 11.9 Å². The molecule has 130 valence electrons. The Labute approximate surface area is 149 Å². The zero-order valence-electron chi connectivity index (χ0n) is 13.1. The van der Waals surface area contributed by atoms with E-state index in [0.29, 0.717) is 12.3 Å². The molecule has 1 aliphatic carbocycles. The highest BCUT2D eigenvalue weighted by Crippen LogP contribution is 2.27. The summed E-state index contributed by atoms with van der Waals surface area (Å²) >= 11 is 0. The molecule has 2 fully saturated rings. The van der Waals surface area contributed by atoms with Gasteiger partial charge < -0.3 is 15.5 Å². The normalized spacial score (nSPS) is 23.9. The molecule has 6 nitrogen and oxygen atoms in total. The standard InChI is InChI=1S/C15H23N5O.2ClH/c16-13-4-1-3-12(13)11-14(21)19-7-9-20(10-8-19)15-17-5-2-6-18-15;;/h2,5-6,12-13H,1,3-4,7-11,16H2;2*1H/t12-,13+;;/m0../s1. The van der Waals surface area contributed by atoms with Crippen LogP contribution in [0.5, 0.6) is 0 Å². The first-order valence-electron chi connectivity index (χ1n) is 7.79. The summed E-state index contributed by atoms with van der Waals surface area (Å²) in [6, 6.07) is 2.03. The fourth-order valence-corrected chi connectivity index (χ4v) is 3.28. The van der Waals surface area contributed by atoms with E-state index in [0.717, 1.165) is 51.4 Å². The van der Waals surface area contributed by atoms with Crippen LogP contribution in [0.25, 0.3) is 0 Å². The number of piperazine rings is 1. The Bertz CT molecular complexity index is 482. The van der Waals surface area contributed by atoms with E-state index in [1.807, 2.05) is 11.0 Å². The number of hydrogen-bond acceptors (Lipinski definition) is 5. The average molecular weight is 362 g/mol. The van der Waals surface area contributed by atoms with Crippen molar-refractivity contribution in [2.75, 3.05) is 31.1 Å². The highest BCUT2D eigenvalue weighted by molar-refractivity contribution is 5.85. The number of aromatic nitrogens is 2. The Hall–Kier alpha value is -1.11. The van der Waals surface area contributed by atoms with Gasteiger partial charge in [0.05, 0.1) is 0 Å². The second kappa shape index (κ2) is 9.25. The molecule has 0 radical (unpaired) electrons. The summed E-state index contributed by atoms with van der Waals surface area (Å²) in [6.07, 6.45) is 7.45. The molecular formula is C15H25Cl2N5O. The van der Waals surface area contributed by atoms with Crippen LogP contribution in [0.4, 0.5) is 5.95 Å². The number of rotatable bonds is 3. The van der Waals surface area contributed by atoms with Crippen molar-refractivity contribution in [2.24, 2.45) is 11.7 Å². The van der Waals surface area contributed by atoms with E-state index in [-0.39, 0.29) is 36.8 Å². The van der Waals surface area contributed by atoms with Crippen LogP contribution >= 0.6 is 24.8 Å². The van der Waals surface area contributed by atoms with Crippen LogP contribution in [-0.4, -0.2) is 53.0 Å². The number of carbonyl (C=O) groups excluding carboxylic acids is 1. The van der Waals surface area contributed by atoms with Crippen molar-refractivity contribution < 1.29 is 4.79 Å². The molecule has 1 aliphatic heterocycles. The summed E-state index contributed by atoms with van der Waals surface area (Å²) in [6.45, 7) is 3.09. The minimum Gasteiger partial charge on any atom is -0.339 e. The van der Waals surface area contributed by atoms with Crippen LogP contribution < -0.4 is 10.6 Å². The van der Waals surface area contributed by atoms with Gasteiger partial charge in [-0.1, -0.05) is 6.42 Å². The number of carbonyl (C=O) groups is 1. The summed E-state index contributed by atoms with van der Waals surface area (Å²) in [7, 11) is 0. The molecule has 2 N–H and O–H groups in total. The van der Waals surface area contributed by atoms with Crippen molar-refractivity contribution >= 4 is 36.7 Å². The fourth-order valence-electron chi connectivity index (χ4n) is 3.28. The Morgan fingerprint density at radius 2 is 1.78 bits per heavy atom. The van der Waals surface area contributed by atoms with Gasteiger partial charge in [-0.2, -0.15) is 0 Å². The highest BCUT2D eigenvalue weighted by Gasteiger charge is 2.29. The Kier molecular flexibility index (Phi) is 8.02. The van der Waals surface area contributed by atoms with Crippen LogP contribution in [0.15, 0.2) is 18.5 Å². The first kappa shape index (κ1) is 19.9. The van der Waals surface area contributed by atoms with Crippen molar-refractivity contribution in [3.8, 4) is 0 Å². The molecule has 2 heterocycles. The largest absolute Gasteiger partial charge is 0.339 e. The number of hydrogen-bond donors (Lipinski definition) is 1. The van der Waals surface area contributed by atoms with E-state index in [4.69, 9.17) is 5.73 Å². The van der Waals surface area contributed by atoms with Crippen molar-refractivity contribution in [1.82, 2.24) is 14.9 Å². The van der Waals surface area contributed by atoms with Gasteiger partial charge in [-0.3, -0.25) is 4.79 Å². The quantitative estimate of drug-likeness (QED) is 0.882. The first-order valence-corrected chi connectivity index (χ1v) is 7.79. The van der Waals surface area contributed by atoms with Gasteiger partial charge >= 0.3 is 0 Å². The van der Waals surface area contributed by atoms with Gasteiger partial charge in [0, 0.05) is 51.0 Å². The minimum atomic E-state index is 0. The molecule has 2 atom stereocenters. The number of nitrogens with zero attached hydrogens (tertiary/aromatic N) is 4. The molecule has 3 rings (SSSR count). The van der Waals surface area contributed by atoms with Crippen molar-refractivity contribution in [3.05, 3.63) is 18.5 Å². The number of nitrogens with two attached hydrogens (primary N) is 1. The van der Waals surface area contributed by atoms with E-state index in [1.54, 1.807) is 12.4 Å². The maximum Gasteiger partial charge on any atom is 0.225 e. The van der Waals surface area contributed by atoms with Gasteiger partial charge in [-0.05, 0) is 24.8 Å². The molecular weight excluding hydrogens is 337 g/mol. The molecule has 1 aromatic rings. The molecule has 0 aromatic carbocycles. The van der Waals surface area contributed by atoms with Gasteiger partial charge in [-0.15, -0.1) is 24.8 Å². The summed E-state index contributed by atoms with van der Waals surface area (Å²) in [5, 5.41) is 0. The predicted octanol–water partition coefficient (Wildman–Crippen LogP) is 1.49. The zero-order valence-corrected chi connectivity index (χ0v) is 14.8. The van der Waals surface area contributed by atoms with Crippen LogP contribution in [0.2, 0.25) is 0 Å². The maximum atomic E-state index is 12.4. The third-order valence-corrected chi connectivity index (χ3v) is 4.62. The van der Waals surface area contributed by atoms with Gasteiger partial charge in [0.1, 0.15) is 0 Å². The molecule has 1 saturated heterocycles. The van der Waals surface area contributed by atoms with Crippen molar-refractivity contribution in [1.29, 1.82) is 0 Å². The second-order valence-electron chi connectivity index (χ2n) is 5.98. The average Bonchev–Trinajstić information content (AvgIpc) is 2.93. The van der Waals surface area contributed by atoms with E-state index in [9.17, 15) is 4.79 Å². The van der Waals surface area contributed by atoms with Crippen LogP contribution in [0.3, 0.4) is 0 Å². The third kappa shape index (κ3) is 4.93. The Balaban J connectivity index is 0.00000132. The lowest BCUT2D eigenvalue weighted by Crippen LogP contribution is -2.49. The monoisotopic (exact) mass is 361 g/mol. The molecule has 1 amide bonds. The molecule has 1 saturated carbocycles. The smallest absolute Gasteiger partial charge is 0.225 e. The van der Waals surface area contributed by atoms with Gasteiger partial charge in [-0.25, -0.2) is 9.97 Å². The van der Waals surface area contributed by atoms with E-state index in [1.165, 1.54) is 0 Å². The third-order valence-electron chi connectivity index (χ3n) is 4.62. The number of amides is 1. The van der Waals surface area contributed by atoms with E-state index in [2.05, 4.69) is 14.9 Å². The van der Waals surface area contributed by atoms with Gasteiger partial charge in [0.15, 0.2) is 0 Å². The zero-order chi connectivity index (χ0) is 14.7. The molecule has 0 spiro atoms. The van der Waals surface area contributed by atoms with Crippen molar-refractivity contribution in [2.45, 2.75) is 31.7 Å².